The number of methoxy groups -OCH3 is 1. The van der Waals surface area contributed by atoms with Crippen molar-refractivity contribution >= 4 is 17.2 Å². The summed E-state index contributed by atoms with van der Waals surface area (Å²) >= 11 is 1.75. The molecule has 0 atom stereocenters. The number of thiophene rings is 1. The Morgan fingerprint density at radius 1 is 1.26 bits per heavy atom. The first-order valence-corrected chi connectivity index (χ1v) is 8.43. The van der Waals surface area contributed by atoms with E-state index in [0.29, 0.717) is 18.7 Å². The number of piperazine rings is 1. The Bertz CT molecular complexity index is 667. The van der Waals surface area contributed by atoms with Gasteiger partial charge in [-0.1, -0.05) is 6.07 Å². The lowest BCUT2D eigenvalue weighted by molar-refractivity contribution is 0.0629. The second-order valence-electron chi connectivity index (χ2n) is 5.50. The van der Waals surface area contributed by atoms with E-state index in [9.17, 15) is 9.18 Å². The summed E-state index contributed by atoms with van der Waals surface area (Å²) in [5, 5.41) is 2.08. The van der Waals surface area contributed by atoms with Crippen LogP contribution in [0.2, 0.25) is 0 Å². The topological polar surface area (TPSA) is 32.8 Å². The molecule has 0 saturated carbocycles. The molecule has 1 aromatic carbocycles. The highest BCUT2D eigenvalue weighted by Crippen LogP contribution is 2.20. The van der Waals surface area contributed by atoms with Gasteiger partial charge in [-0.3, -0.25) is 9.69 Å². The maximum Gasteiger partial charge on any atom is 0.254 e. The predicted molar refractivity (Wildman–Crippen MR) is 88.5 cm³/mol. The highest BCUT2D eigenvalue weighted by Gasteiger charge is 2.23. The number of nitrogens with zero attached hydrogens (tertiary/aromatic N) is 2. The first kappa shape index (κ1) is 16.0. The van der Waals surface area contributed by atoms with Crippen molar-refractivity contribution in [2.24, 2.45) is 0 Å². The molecule has 0 bridgehead atoms. The van der Waals surface area contributed by atoms with Gasteiger partial charge < -0.3 is 9.64 Å². The Kier molecular flexibility index (Phi) is 4.93. The van der Waals surface area contributed by atoms with Crippen molar-refractivity contribution in [1.82, 2.24) is 9.80 Å². The average molecular weight is 334 g/mol. The molecule has 0 unspecified atom stereocenters. The number of benzene rings is 1. The van der Waals surface area contributed by atoms with Crippen LogP contribution < -0.4 is 4.74 Å². The molecule has 1 saturated heterocycles. The van der Waals surface area contributed by atoms with Crippen molar-refractivity contribution in [2.45, 2.75) is 6.54 Å². The van der Waals surface area contributed by atoms with Crippen LogP contribution in [0.4, 0.5) is 4.39 Å². The Morgan fingerprint density at radius 3 is 2.65 bits per heavy atom. The van der Waals surface area contributed by atoms with Crippen LogP contribution in [-0.4, -0.2) is 49.0 Å². The van der Waals surface area contributed by atoms with Gasteiger partial charge in [0, 0.05) is 43.2 Å². The van der Waals surface area contributed by atoms with Crippen LogP contribution in [0.3, 0.4) is 0 Å². The highest BCUT2D eigenvalue weighted by molar-refractivity contribution is 7.09. The van der Waals surface area contributed by atoms with Gasteiger partial charge >= 0.3 is 0 Å². The zero-order chi connectivity index (χ0) is 16.2. The molecule has 1 amide bonds. The molecule has 0 spiro atoms. The van der Waals surface area contributed by atoms with Crippen LogP contribution in [0.1, 0.15) is 15.2 Å². The van der Waals surface area contributed by atoms with Crippen LogP contribution in [0, 0.1) is 5.82 Å². The lowest BCUT2D eigenvalue weighted by Gasteiger charge is -2.34. The normalized spacial score (nSPS) is 15.7. The van der Waals surface area contributed by atoms with E-state index < -0.39 is 5.82 Å². The van der Waals surface area contributed by atoms with Crippen LogP contribution in [0.15, 0.2) is 35.7 Å². The minimum absolute atomic E-state index is 0.123. The number of halogens is 1. The Morgan fingerprint density at radius 2 is 2.04 bits per heavy atom. The Hall–Kier alpha value is -1.92. The van der Waals surface area contributed by atoms with E-state index in [4.69, 9.17) is 4.74 Å². The minimum Gasteiger partial charge on any atom is -0.494 e. The number of rotatable bonds is 4. The summed E-state index contributed by atoms with van der Waals surface area (Å²) in [6.45, 7) is 3.93. The second kappa shape index (κ2) is 7.10. The molecular formula is C17H19FN2O2S. The molecule has 1 aromatic heterocycles. The van der Waals surface area contributed by atoms with Crippen LogP contribution >= 0.6 is 11.3 Å². The summed E-state index contributed by atoms with van der Waals surface area (Å²) in [4.78, 5) is 17.9. The molecular weight excluding hydrogens is 315 g/mol. The summed E-state index contributed by atoms with van der Waals surface area (Å²) in [6.07, 6.45) is 0. The third-order valence-corrected chi connectivity index (χ3v) is 4.88. The SMILES string of the molecule is COc1ccc(C(=O)N2CCN(Cc3cccs3)CC2)cc1F. The van der Waals surface area contributed by atoms with E-state index in [2.05, 4.69) is 22.4 Å². The molecule has 122 valence electrons. The minimum atomic E-state index is -0.505. The van der Waals surface area contributed by atoms with Crippen molar-refractivity contribution in [2.75, 3.05) is 33.3 Å². The van der Waals surface area contributed by atoms with Gasteiger partial charge in [-0.05, 0) is 29.6 Å². The van der Waals surface area contributed by atoms with Crippen molar-refractivity contribution < 1.29 is 13.9 Å². The van der Waals surface area contributed by atoms with E-state index >= 15 is 0 Å². The van der Waals surface area contributed by atoms with Gasteiger partial charge in [-0.25, -0.2) is 4.39 Å². The van der Waals surface area contributed by atoms with Crippen LogP contribution in [0.25, 0.3) is 0 Å². The lowest BCUT2D eigenvalue weighted by Crippen LogP contribution is -2.48. The van der Waals surface area contributed by atoms with E-state index in [0.717, 1.165) is 19.6 Å². The van der Waals surface area contributed by atoms with Gasteiger partial charge in [-0.2, -0.15) is 0 Å². The zero-order valence-electron chi connectivity index (χ0n) is 13.0. The van der Waals surface area contributed by atoms with Crippen LogP contribution in [-0.2, 0) is 6.54 Å². The number of ether oxygens (including phenoxy) is 1. The van der Waals surface area contributed by atoms with Gasteiger partial charge in [0.1, 0.15) is 0 Å². The first-order chi connectivity index (χ1) is 11.2. The molecule has 1 aliphatic heterocycles. The fourth-order valence-corrected chi connectivity index (χ4v) is 3.46. The summed E-state index contributed by atoms with van der Waals surface area (Å²) in [6, 6.07) is 8.54. The molecule has 2 heterocycles. The third-order valence-electron chi connectivity index (χ3n) is 4.02. The van der Waals surface area contributed by atoms with E-state index in [1.165, 1.54) is 24.1 Å². The van der Waals surface area contributed by atoms with E-state index in [1.54, 1.807) is 22.3 Å². The highest BCUT2D eigenvalue weighted by atomic mass is 32.1. The molecule has 0 radical (unpaired) electrons. The summed E-state index contributed by atoms with van der Waals surface area (Å²) in [5.74, 6) is -0.473. The fraction of sp³-hybridized carbons (Fsp3) is 0.353. The summed E-state index contributed by atoms with van der Waals surface area (Å²) in [5.41, 5.74) is 0.370. The second-order valence-corrected chi connectivity index (χ2v) is 6.53. The maximum absolute atomic E-state index is 13.7. The Labute approximate surface area is 139 Å². The lowest BCUT2D eigenvalue weighted by atomic mass is 10.1. The van der Waals surface area contributed by atoms with Crippen molar-refractivity contribution in [3.05, 3.63) is 52.0 Å². The smallest absolute Gasteiger partial charge is 0.254 e. The molecule has 0 N–H and O–H groups in total. The van der Waals surface area contributed by atoms with E-state index in [-0.39, 0.29) is 11.7 Å². The maximum atomic E-state index is 13.7. The molecule has 1 fully saturated rings. The largest absolute Gasteiger partial charge is 0.494 e. The zero-order valence-corrected chi connectivity index (χ0v) is 13.8. The molecule has 1 aliphatic rings. The molecule has 4 nitrogen and oxygen atoms in total. The number of carbonyl (C=O) groups is 1. The third kappa shape index (κ3) is 3.71. The number of amides is 1. The molecule has 23 heavy (non-hydrogen) atoms. The van der Waals surface area contributed by atoms with Crippen molar-refractivity contribution in [1.29, 1.82) is 0 Å². The van der Waals surface area contributed by atoms with E-state index in [1.807, 2.05) is 0 Å². The number of carbonyl (C=O) groups excluding carboxylic acids is 1. The first-order valence-electron chi connectivity index (χ1n) is 7.55. The summed E-state index contributed by atoms with van der Waals surface area (Å²) in [7, 11) is 1.41. The number of hydrogen-bond acceptors (Lipinski definition) is 4. The van der Waals surface area contributed by atoms with Gasteiger partial charge in [0.2, 0.25) is 0 Å². The molecule has 2 aromatic rings. The molecule has 6 heteroatoms. The summed E-state index contributed by atoms with van der Waals surface area (Å²) < 4.78 is 18.6. The quantitative estimate of drug-likeness (QED) is 0.862. The molecule has 3 rings (SSSR count). The van der Waals surface area contributed by atoms with Crippen molar-refractivity contribution in [3.8, 4) is 5.75 Å². The monoisotopic (exact) mass is 334 g/mol. The van der Waals surface area contributed by atoms with Gasteiger partial charge in [0.05, 0.1) is 7.11 Å². The molecule has 0 aliphatic carbocycles. The Balaban J connectivity index is 1.58. The fourth-order valence-electron chi connectivity index (χ4n) is 2.71. The average Bonchev–Trinajstić information content (AvgIpc) is 3.08. The standard InChI is InChI=1S/C17H19FN2O2S/c1-22-16-5-4-13(11-15(16)18)17(21)20-8-6-19(7-9-20)12-14-3-2-10-23-14/h2-5,10-11H,6-9,12H2,1H3. The van der Waals surface area contributed by atoms with Gasteiger partial charge in [0.25, 0.3) is 5.91 Å². The van der Waals surface area contributed by atoms with Gasteiger partial charge in [0.15, 0.2) is 11.6 Å². The number of hydrogen-bond donors (Lipinski definition) is 0. The van der Waals surface area contributed by atoms with Crippen molar-refractivity contribution in [3.63, 3.8) is 0 Å². The predicted octanol–water partition coefficient (Wildman–Crippen LogP) is 2.85. The van der Waals surface area contributed by atoms with Crippen LogP contribution in [0.5, 0.6) is 5.75 Å². The van der Waals surface area contributed by atoms with Gasteiger partial charge in [-0.15, -0.1) is 11.3 Å².